The topological polar surface area (TPSA) is 51.2 Å². The van der Waals surface area contributed by atoms with Crippen LogP contribution in [0.1, 0.15) is 29.8 Å². The lowest BCUT2D eigenvalue weighted by Crippen LogP contribution is -2.25. The van der Waals surface area contributed by atoms with E-state index in [2.05, 4.69) is 10.3 Å². The first-order valence-electron chi connectivity index (χ1n) is 7.09. The van der Waals surface area contributed by atoms with Crippen LogP contribution in [-0.4, -0.2) is 23.5 Å². The molecule has 1 amide bonds. The molecular weight excluding hydrogens is 264 g/mol. The molecule has 1 aromatic carbocycles. The normalized spacial score (nSPS) is 10.4. The third-order valence-electron chi connectivity index (χ3n) is 2.92. The van der Waals surface area contributed by atoms with Crippen LogP contribution in [0.3, 0.4) is 0 Å². The Morgan fingerprint density at radius 1 is 1.24 bits per heavy atom. The Balaban J connectivity index is 1.79. The van der Waals surface area contributed by atoms with Crippen LogP contribution in [0.25, 0.3) is 0 Å². The highest BCUT2D eigenvalue weighted by Gasteiger charge is 2.04. The number of carbonyl (C=O) groups is 1. The number of hydrogen-bond donors (Lipinski definition) is 1. The summed E-state index contributed by atoms with van der Waals surface area (Å²) in [6, 6.07) is 11.5. The van der Waals surface area contributed by atoms with Crippen molar-refractivity contribution in [3.05, 3.63) is 59.9 Å². The summed E-state index contributed by atoms with van der Waals surface area (Å²) in [5.41, 5.74) is 1.75. The van der Waals surface area contributed by atoms with Crippen molar-refractivity contribution >= 4 is 5.91 Å². The third-order valence-corrected chi connectivity index (χ3v) is 2.92. The molecule has 0 aliphatic heterocycles. The highest BCUT2D eigenvalue weighted by molar-refractivity contribution is 5.93. The maximum absolute atomic E-state index is 11.8. The lowest BCUT2D eigenvalue weighted by atomic mass is 10.1. The van der Waals surface area contributed by atoms with Gasteiger partial charge in [-0.3, -0.25) is 9.78 Å². The number of rotatable bonds is 6. The van der Waals surface area contributed by atoms with Gasteiger partial charge in [-0.2, -0.15) is 0 Å². The van der Waals surface area contributed by atoms with Gasteiger partial charge in [-0.15, -0.1) is 0 Å². The van der Waals surface area contributed by atoms with E-state index in [-0.39, 0.29) is 12.0 Å². The summed E-state index contributed by atoms with van der Waals surface area (Å²) < 4.78 is 5.59. The van der Waals surface area contributed by atoms with Gasteiger partial charge >= 0.3 is 0 Å². The molecule has 2 aromatic rings. The molecule has 0 spiro atoms. The van der Waals surface area contributed by atoms with Crippen LogP contribution < -0.4 is 10.1 Å². The molecule has 0 saturated carbocycles. The van der Waals surface area contributed by atoms with Gasteiger partial charge in [0.05, 0.1) is 11.7 Å². The predicted molar refractivity (Wildman–Crippen MR) is 82.5 cm³/mol. The van der Waals surface area contributed by atoms with Crippen LogP contribution in [0.5, 0.6) is 5.75 Å². The first-order chi connectivity index (χ1) is 10.1. The number of nitrogens with one attached hydrogen (secondary N) is 1. The monoisotopic (exact) mass is 284 g/mol. The highest BCUT2D eigenvalue weighted by atomic mass is 16.5. The summed E-state index contributed by atoms with van der Waals surface area (Å²) in [5.74, 6) is 0.774. The van der Waals surface area contributed by atoms with Crippen molar-refractivity contribution < 1.29 is 9.53 Å². The Bertz CT molecular complexity index is 565. The number of ether oxygens (including phenoxy) is 1. The minimum Gasteiger partial charge on any atom is -0.491 e. The number of nitrogens with zero attached hydrogens (tertiary/aromatic N) is 1. The van der Waals surface area contributed by atoms with Crippen molar-refractivity contribution in [3.8, 4) is 5.75 Å². The Kier molecular flexibility index (Phi) is 5.32. The second-order valence-corrected chi connectivity index (χ2v) is 5.06. The minimum atomic E-state index is -0.0946. The zero-order chi connectivity index (χ0) is 15.1. The van der Waals surface area contributed by atoms with Crippen LogP contribution >= 0.6 is 0 Å². The molecule has 2 rings (SSSR count). The van der Waals surface area contributed by atoms with Gasteiger partial charge in [0.2, 0.25) is 0 Å². The van der Waals surface area contributed by atoms with Crippen molar-refractivity contribution in [1.82, 2.24) is 10.3 Å². The largest absolute Gasteiger partial charge is 0.491 e. The lowest BCUT2D eigenvalue weighted by molar-refractivity contribution is 0.0953. The van der Waals surface area contributed by atoms with Crippen molar-refractivity contribution in [3.63, 3.8) is 0 Å². The number of benzene rings is 1. The fraction of sp³-hybridized carbons (Fsp3) is 0.294. The molecule has 1 N–H and O–H groups in total. The second-order valence-electron chi connectivity index (χ2n) is 5.06. The van der Waals surface area contributed by atoms with E-state index in [4.69, 9.17) is 4.74 Å². The first kappa shape index (κ1) is 15.0. The molecule has 4 nitrogen and oxygen atoms in total. The van der Waals surface area contributed by atoms with Gasteiger partial charge in [-0.25, -0.2) is 0 Å². The maximum Gasteiger partial charge on any atom is 0.252 e. The smallest absolute Gasteiger partial charge is 0.252 e. The van der Waals surface area contributed by atoms with Crippen LogP contribution in [0.15, 0.2) is 48.8 Å². The van der Waals surface area contributed by atoms with Gasteiger partial charge in [0, 0.05) is 18.9 Å². The Hall–Kier alpha value is -2.36. The summed E-state index contributed by atoms with van der Waals surface area (Å²) in [5, 5.41) is 2.88. The Labute approximate surface area is 125 Å². The van der Waals surface area contributed by atoms with Crippen molar-refractivity contribution in [2.75, 3.05) is 6.54 Å². The van der Waals surface area contributed by atoms with Gasteiger partial charge in [-0.1, -0.05) is 12.1 Å². The molecular formula is C17H20N2O2. The van der Waals surface area contributed by atoms with E-state index in [1.54, 1.807) is 24.5 Å². The molecule has 0 atom stereocenters. The highest BCUT2D eigenvalue weighted by Crippen LogP contribution is 2.13. The zero-order valence-electron chi connectivity index (χ0n) is 12.4. The average molecular weight is 284 g/mol. The van der Waals surface area contributed by atoms with E-state index in [0.717, 1.165) is 17.7 Å². The Morgan fingerprint density at radius 3 is 2.62 bits per heavy atom. The number of pyridine rings is 1. The van der Waals surface area contributed by atoms with Crippen molar-refractivity contribution in [2.24, 2.45) is 0 Å². The SMILES string of the molecule is CC(C)Oc1ccc(CCNC(=O)c2cccnc2)cc1. The van der Waals surface area contributed by atoms with E-state index >= 15 is 0 Å². The summed E-state index contributed by atoms with van der Waals surface area (Å²) in [7, 11) is 0. The van der Waals surface area contributed by atoms with E-state index in [9.17, 15) is 4.79 Å². The van der Waals surface area contributed by atoms with E-state index in [1.807, 2.05) is 38.1 Å². The van der Waals surface area contributed by atoms with E-state index in [1.165, 1.54) is 0 Å². The molecule has 0 unspecified atom stereocenters. The molecule has 0 saturated heterocycles. The second kappa shape index (κ2) is 7.43. The van der Waals surface area contributed by atoms with Crippen LogP contribution in [0.4, 0.5) is 0 Å². The molecule has 0 bridgehead atoms. The fourth-order valence-electron chi connectivity index (χ4n) is 1.93. The summed E-state index contributed by atoms with van der Waals surface area (Å²) >= 11 is 0. The van der Waals surface area contributed by atoms with Crippen molar-refractivity contribution in [1.29, 1.82) is 0 Å². The molecule has 0 radical (unpaired) electrons. The summed E-state index contributed by atoms with van der Waals surface area (Å²) in [6.07, 6.45) is 4.17. The van der Waals surface area contributed by atoms with Gasteiger partial charge in [-0.05, 0) is 50.1 Å². The molecule has 1 aromatic heterocycles. The van der Waals surface area contributed by atoms with Crippen LogP contribution in [0, 0.1) is 0 Å². The number of hydrogen-bond acceptors (Lipinski definition) is 3. The van der Waals surface area contributed by atoms with Crippen LogP contribution in [-0.2, 0) is 6.42 Å². The molecule has 110 valence electrons. The van der Waals surface area contributed by atoms with Gasteiger partial charge in [0.15, 0.2) is 0 Å². The minimum absolute atomic E-state index is 0.0946. The molecule has 0 fully saturated rings. The number of aromatic nitrogens is 1. The maximum atomic E-state index is 11.8. The number of amides is 1. The summed E-state index contributed by atoms with van der Waals surface area (Å²) in [4.78, 5) is 15.8. The molecule has 0 aliphatic carbocycles. The van der Waals surface area contributed by atoms with Gasteiger partial charge in [0.25, 0.3) is 5.91 Å². The molecule has 1 heterocycles. The van der Waals surface area contributed by atoms with Crippen LogP contribution in [0.2, 0.25) is 0 Å². The predicted octanol–water partition coefficient (Wildman–Crippen LogP) is 2.84. The molecule has 0 aliphatic rings. The van der Waals surface area contributed by atoms with Crippen molar-refractivity contribution in [2.45, 2.75) is 26.4 Å². The zero-order valence-corrected chi connectivity index (χ0v) is 12.4. The standard InChI is InChI=1S/C17H20N2O2/c1-13(2)21-16-7-5-14(6-8-16)9-11-19-17(20)15-4-3-10-18-12-15/h3-8,10,12-13H,9,11H2,1-2H3,(H,19,20). The lowest BCUT2D eigenvalue weighted by Gasteiger charge is -2.10. The third kappa shape index (κ3) is 4.91. The first-order valence-corrected chi connectivity index (χ1v) is 7.09. The summed E-state index contributed by atoms with van der Waals surface area (Å²) in [6.45, 7) is 4.60. The molecule has 21 heavy (non-hydrogen) atoms. The van der Waals surface area contributed by atoms with Gasteiger partial charge in [0.1, 0.15) is 5.75 Å². The quantitative estimate of drug-likeness (QED) is 0.887. The Morgan fingerprint density at radius 2 is 2.00 bits per heavy atom. The fourth-order valence-corrected chi connectivity index (χ4v) is 1.93. The van der Waals surface area contributed by atoms with E-state index < -0.39 is 0 Å². The van der Waals surface area contributed by atoms with E-state index in [0.29, 0.717) is 12.1 Å². The number of carbonyl (C=O) groups excluding carboxylic acids is 1. The molecule has 4 heteroatoms. The van der Waals surface area contributed by atoms with Gasteiger partial charge < -0.3 is 10.1 Å². The average Bonchev–Trinajstić information content (AvgIpc) is 2.49.